The predicted molar refractivity (Wildman–Crippen MR) is 69.9 cm³/mol. The molecule has 1 aromatic carbocycles. The SMILES string of the molecule is O=C(O)c1cnoc1CNc1cc(Cl)ccc1Br. The third kappa shape index (κ3) is 2.83. The molecule has 2 N–H and O–H groups in total. The van der Waals surface area contributed by atoms with Gasteiger partial charge in [0.25, 0.3) is 0 Å². The molecule has 0 amide bonds. The van der Waals surface area contributed by atoms with Gasteiger partial charge in [0, 0.05) is 9.50 Å². The molecule has 2 aromatic rings. The highest BCUT2D eigenvalue weighted by molar-refractivity contribution is 9.10. The highest BCUT2D eigenvalue weighted by Crippen LogP contribution is 2.26. The second kappa shape index (κ2) is 5.41. The third-order valence-electron chi connectivity index (χ3n) is 2.24. The van der Waals surface area contributed by atoms with Crippen LogP contribution >= 0.6 is 27.5 Å². The van der Waals surface area contributed by atoms with Gasteiger partial charge in [0.1, 0.15) is 5.56 Å². The average Bonchev–Trinajstić information content (AvgIpc) is 2.79. The Labute approximate surface area is 116 Å². The van der Waals surface area contributed by atoms with Gasteiger partial charge >= 0.3 is 5.97 Å². The fourth-order valence-electron chi connectivity index (χ4n) is 1.37. The van der Waals surface area contributed by atoms with Crippen LogP contribution in [-0.4, -0.2) is 16.2 Å². The summed E-state index contributed by atoms with van der Waals surface area (Å²) in [6, 6.07) is 5.26. The number of carbonyl (C=O) groups is 1. The first-order chi connectivity index (χ1) is 8.58. The molecular weight excluding hydrogens is 323 g/mol. The summed E-state index contributed by atoms with van der Waals surface area (Å²) in [6.07, 6.45) is 1.17. The van der Waals surface area contributed by atoms with Crippen molar-refractivity contribution in [2.75, 3.05) is 5.32 Å². The van der Waals surface area contributed by atoms with E-state index >= 15 is 0 Å². The van der Waals surface area contributed by atoms with Gasteiger partial charge in [-0.25, -0.2) is 4.79 Å². The molecule has 0 unspecified atom stereocenters. The zero-order valence-corrected chi connectivity index (χ0v) is 11.3. The molecule has 0 spiro atoms. The number of hydrogen-bond acceptors (Lipinski definition) is 4. The largest absolute Gasteiger partial charge is 0.478 e. The summed E-state index contributed by atoms with van der Waals surface area (Å²) in [5.41, 5.74) is 0.788. The van der Waals surface area contributed by atoms with Gasteiger partial charge in [-0.1, -0.05) is 16.8 Å². The standard InChI is InChI=1S/C11H8BrClN2O3/c12-8-2-1-6(13)3-9(8)14-5-10-7(11(16)17)4-15-18-10/h1-4,14H,5H2,(H,16,17). The molecule has 94 valence electrons. The van der Waals surface area contributed by atoms with Crippen LogP contribution in [0.15, 0.2) is 33.4 Å². The van der Waals surface area contributed by atoms with Gasteiger partial charge < -0.3 is 14.9 Å². The lowest BCUT2D eigenvalue weighted by molar-refractivity contribution is 0.0694. The number of benzene rings is 1. The van der Waals surface area contributed by atoms with E-state index in [-0.39, 0.29) is 17.9 Å². The maximum absolute atomic E-state index is 10.9. The summed E-state index contributed by atoms with van der Waals surface area (Å²) in [7, 11) is 0. The molecule has 0 aliphatic rings. The van der Waals surface area contributed by atoms with E-state index in [1.807, 2.05) is 0 Å². The van der Waals surface area contributed by atoms with Crippen molar-refractivity contribution in [2.24, 2.45) is 0 Å². The van der Waals surface area contributed by atoms with E-state index in [2.05, 4.69) is 26.4 Å². The number of carboxylic acid groups (broad SMARTS) is 1. The van der Waals surface area contributed by atoms with Gasteiger partial charge in [0.2, 0.25) is 0 Å². The topological polar surface area (TPSA) is 75.4 Å². The summed E-state index contributed by atoms with van der Waals surface area (Å²) < 4.78 is 5.70. The van der Waals surface area contributed by atoms with Crippen LogP contribution in [-0.2, 0) is 6.54 Å². The number of aromatic nitrogens is 1. The van der Waals surface area contributed by atoms with Gasteiger partial charge in [-0.3, -0.25) is 0 Å². The average molecular weight is 332 g/mol. The first kappa shape index (κ1) is 12.9. The Hall–Kier alpha value is -1.53. The molecule has 0 bridgehead atoms. The number of halogens is 2. The van der Waals surface area contributed by atoms with Crippen molar-refractivity contribution in [1.29, 1.82) is 0 Å². The Morgan fingerprint density at radius 3 is 3.06 bits per heavy atom. The molecule has 2 rings (SSSR count). The van der Waals surface area contributed by atoms with Gasteiger partial charge in [-0.05, 0) is 34.1 Å². The first-order valence-corrected chi connectivity index (χ1v) is 6.11. The summed E-state index contributed by atoms with van der Waals surface area (Å²) >= 11 is 9.23. The van der Waals surface area contributed by atoms with Crippen LogP contribution in [0, 0.1) is 0 Å². The zero-order chi connectivity index (χ0) is 13.1. The van der Waals surface area contributed by atoms with Gasteiger partial charge in [0.15, 0.2) is 5.76 Å². The number of rotatable bonds is 4. The molecule has 7 heteroatoms. The van der Waals surface area contributed by atoms with Crippen LogP contribution < -0.4 is 5.32 Å². The van der Waals surface area contributed by atoms with E-state index in [1.54, 1.807) is 18.2 Å². The van der Waals surface area contributed by atoms with Crippen LogP contribution in [0.3, 0.4) is 0 Å². The molecule has 0 radical (unpaired) electrons. The molecule has 0 aliphatic carbocycles. The van der Waals surface area contributed by atoms with Crippen molar-refractivity contribution in [2.45, 2.75) is 6.54 Å². The van der Waals surface area contributed by atoms with E-state index in [1.165, 1.54) is 6.20 Å². The van der Waals surface area contributed by atoms with Crippen molar-refractivity contribution < 1.29 is 14.4 Å². The second-order valence-electron chi connectivity index (χ2n) is 3.45. The van der Waals surface area contributed by atoms with Crippen LogP contribution in [0.5, 0.6) is 0 Å². The van der Waals surface area contributed by atoms with E-state index in [0.717, 1.165) is 10.2 Å². The maximum atomic E-state index is 10.9. The van der Waals surface area contributed by atoms with Gasteiger partial charge in [0.05, 0.1) is 18.4 Å². The van der Waals surface area contributed by atoms with Crippen molar-refractivity contribution >= 4 is 39.2 Å². The summed E-state index contributed by atoms with van der Waals surface area (Å²) in [6.45, 7) is 0.209. The van der Waals surface area contributed by atoms with Gasteiger partial charge in [-0.2, -0.15) is 0 Å². The Morgan fingerprint density at radius 2 is 2.33 bits per heavy atom. The molecular formula is C11H8BrClN2O3. The van der Waals surface area contributed by atoms with Crippen molar-refractivity contribution in [1.82, 2.24) is 5.16 Å². The lowest BCUT2D eigenvalue weighted by Gasteiger charge is -2.07. The first-order valence-electron chi connectivity index (χ1n) is 4.93. The molecule has 0 aliphatic heterocycles. The Bertz CT molecular complexity index is 585. The normalized spacial score (nSPS) is 10.3. The number of anilines is 1. The molecule has 5 nitrogen and oxygen atoms in total. The smallest absolute Gasteiger partial charge is 0.341 e. The molecule has 0 saturated heterocycles. The Kier molecular flexibility index (Phi) is 3.88. The van der Waals surface area contributed by atoms with Crippen LogP contribution in [0.25, 0.3) is 0 Å². The summed E-state index contributed by atoms with van der Waals surface area (Å²) in [5, 5.41) is 16.0. The number of nitrogens with one attached hydrogen (secondary N) is 1. The van der Waals surface area contributed by atoms with Crippen molar-refractivity contribution in [3.05, 3.63) is 45.2 Å². The molecule has 0 fully saturated rings. The monoisotopic (exact) mass is 330 g/mol. The van der Waals surface area contributed by atoms with Crippen molar-refractivity contribution in [3.8, 4) is 0 Å². The third-order valence-corrected chi connectivity index (χ3v) is 3.17. The predicted octanol–water partition coefficient (Wildman–Crippen LogP) is 3.40. The highest BCUT2D eigenvalue weighted by atomic mass is 79.9. The molecule has 1 heterocycles. The minimum atomic E-state index is -1.07. The number of aromatic carboxylic acids is 1. The van der Waals surface area contributed by atoms with Gasteiger partial charge in [-0.15, -0.1) is 0 Å². The van der Waals surface area contributed by atoms with Crippen LogP contribution in [0.2, 0.25) is 5.02 Å². The molecule has 0 saturated carbocycles. The summed E-state index contributed by atoms with van der Waals surface area (Å²) in [5.74, 6) is -0.812. The van der Waals surface area contributed by atoms with E-state index in [4.69, 9.17) is 21.2 Å². The fraction of sp³-hybridized carbons (Fsp3) is 0.0909. The Morgan fingerprint density at radius 1 is 1.56 bits per heavy atom. The minimum absolute atomic E-state index is 0.0423. The maximum Gasteiger partial charge on any atom is 0.341 e. The zero-order valence-electron chi connectivity index (χ0n) is 8.98. The second-order valence-corrected chi connectivity index (χ2v) is 4.74. The Balaban J connectivity index is 2.14. The number of carboxylic acids is 1. The summed E-state index contributed by atoms with van der Waals surface area (Å²) in [4.78, 5) is 10.9. The van der Waals surface area contributed by atoms with E-state index < -0.39 is 5.97 Å². The van der Waals surface area contributed by atoms with Crippen molar-refractivity contribution in [3.63, 3.8) is 0 Å². The van der Waals surface area contributed by atoms with E-state index in [0.29, 0.717) is 5.02 Å². The highest BCUT2D eigenvalue weighted by Gasteiger charge is 2.14. The quantitative estimate of drug-likeness (QED) is 0.898. The molecule has 1 aromatic heterocycles. The fourth-order valence-corrected chi connectivity index (χ4v) is 1.93. The lowest BCUT2D eigenvalue weighted by Crippen LogP contribution is -2.05. The number of hydrogen-bond donors (Lipinski definition) is 2. The minimum Gasteiger partial charge on any atom is -0.478 e. The lowest BCUT2D eigenvalue weighted by atomic mass is 10.2. The number of nitrogens with zero attached hydrogens (tertiary/aromatic N) is 1. The van der Waals surface area contributed by atoms with E-state index in [9.17, 15) is 4.79 Å². The molecule has 0 atom stereocenters. The van der Waals surface area contributed by atoms with Crippen LogP contribution in [0.4, 0.5) is 5.69 Å². The van der Waals surface area contributed by atoms with Crippen LogP contribution in [0.1, 0.15) is 16.1 Å². The molecule has 18 heavy (non-hydrogen) atoms.